The van der Waals surface area contributed by atoms with Gasteiger partial charge in [-0.3, -0.25) is 19.7 Å². The molecular formula is C24H29N3O5S. The van der Waals surface area contributed by atoms with Gasteiger partial charge in [-0.05, 0) is 43.3 Å². The number of unbranched alkanes of at least 4 members (excludes halogenated alkanes) is 1. The summed E-state index contributed by atoms with van der Waals surface area (Å²) in [5.41, 5.74) is 1.78. The number of urea groups is 1. The summed E-state index contributed by atoms with van der Waals surface area (Å²) in [7, 11) is 0. The van der Waals surface area contributed by atoms with E-state index in [1.165, 1.54) is 11.3 Å². The Balaban J connectivity index is 1.70. The molecule has 1 fully saturated rings. The van der Waals surface area contributed by atoms with Crippen LogP contribution in [0, 0.1) is 12.8 Å². The lowest BCUT2D eigenvalue weighted by Gasteiger charge is -2.39. The molecule has 9 heteroatoms. The summed E-state index contributed by atoms with van der Waals surface area (Å²) in [4.78, 5) is 52.2. The molecule has 0 aliphatic carbocycles. The molecule has 1 aliphatic rings. The number of aryl methyl sites for hydroxylation is 1. The predicted octanol–water partition coefficient (Wildman–Crippen LogP) is 3.71. The van der Waals surface area contributed by atoms with Crippen LogP contribution in [0.3, 0.4) is 0 Å². The van der Waals surface area contributed by atoms with E-state index >= 15 is 0 Å². The molecule has 1 saturated heterocycles. The van der Waals surface area contributed by atoms with Gasteiger partial charge in [0.05, 0.1) is 12.0 Å². The predicted molar refractivity (Wildman–Crippen MR) is 126 cm³/mol. The lowest BCUT2D eigenvalue weighted by molar-refractivity contribution is -0.154. The van der Waals surface area contributed by atoms with E-state index in [1.807, 2.05) is 55.6 Å². The van der Waals surface area contributed by atoms with Crippen LogP contribution in [0.5, 0.6) is 0 Å². The smallest absolute Gasteiger partial charge is 0.321 e. The summed E-state index contributed by atoms with van der Waals surface area (Å²) in [6.07, 6.45) is 2.24. The Kier molecular flexibility index (Phi) is 8.59. The lowest BCUT2D eigenvalue weighted by Crippen LogP contribution is -2.46. The number of benzene rings is 1. The Labute approximate surface area is 197 Å². The van der Waals surface area contributed by atoms with Gasteiger partial charge in [-0.25, -0.2) is 4.79 Å². The van der Waals surface area contributed by atoms with Crippen LogP contribution in [0.4, 0.5) is 10.5 Å². The number of carbonyl (C=O) groups is 4. The fraction of sp³-hybridized carbons (Fsp3) is 0.417. The first-order chi connectivity index (χ1) is 15.9. The van der Waals surface area contributed by atoms with Crippen LogP contribution < -0.4 is 15.5 Å². The van der Waals surface area contributed by atoms with Crippen molar-refractivity contribution in [2.24, 2.45) is 5.92 Å². The van der Waals surface area contributed by atoms with Gasteiger partial charge in [-0.2, -0.15) is 0 Å². The van der Waals surface area contributed by atoms with E-state index in [4.69, 9.17) is 4.74 Å². The summed E-state index contributed by atoms with van der Waals surface area (Å²) in [6, 6.07) is 10.2. The van der Waals surface area contributed by atoms with Gasteiger partial charge in [0, 0.05) is 23.5 Å². The molecule has 2 aromatic rings. The molecule has 0 bridgehead atoms. The molecule has 176 valence electrons. The Morgan fingerprint density at radius 3 is 2.61 bits per heavy atom. The number of nitrogens with zero attached hydrogens (tertiary/aromatic N) is 1. The fourth-order valence-corrected chi connectivity index (χ4v) is 4.64. The molecular weight excluding hydrogens is 442 g/mol. The molecule has 0 saturated carbocycles. The minimum atomic E-state index is -0.702. The average Bonchev–Trinajstić information content (AvgIpc) is 3.33. The van der Waals surface area contributed by atoms with Crippen molar-refractivity contribution in [1.82, 2.24) is 10.6 Å². The SMILES string of the molecule is CCCCNC(=O)NC(=O)COC(=O)C1CCC(=O)N(c2ccc(C)cc2)C1c1cccs1. The number of ether oxygens (including phenoxy) is 1. The van der Waals surface area contributed by atoms with Crippen LogP contribution in [-0.4, -0.2) is 37.0 Å². The number of thiophene rings is 1. The van der Waals surface area contributed by atoms with Crippen molar-refractivity contribution in [1.29, 1.82) is 0 Å². The molecule has 8 nitrogen and oxygen atoms in total. The Bertz CT molecular complexity index is 974. The normalized spacial score (nSPS) is 18.0. The minimum Gasteiger partial charge on any atom is -0.455 e. The quantitative estimate of drug-likeness (QED) is 0.451. The van der Waals surface area contributed by atoms with Gasteiger partial charge in [-0.15, -0.1) is 11.3 Å². The second-order valence-corrected chi connectivity index (χ2v) is 8.95. The van der Waals surface area contributed by atoms with Crippen molar-refractivity contribution in [2.75, 3.05) is 18.1 Å². The second kappa shape index (κ2) is 11.6. The number of esters is 1. The zero-order valence-corrected chi connectivity index (χ0v) is 19.7. The highest BCUT2D eigenvalue weighted by atomic mass is 32.1. The highest BCUT2D eigenvalue weighted by Gasteiger charge is 2.43. The van der Waals surface area contributed by atoms with Gasteiger partial charge in [-0.1, -0.05) is 37.1 Å². The number of nitrogens with one attached hydrogen (secondary N) is 2. The highest BCUT2D eigenvalue weighted by molar-refractivity contribution is 7.10. The van der Waals surface area contributed by atoms with Gasteiger partial charge in [0.15, 0.2) is 6.61 Å². The second-order valence-electron chi connectivity index (χ2n) is 7.97. The van der Waals surface area contributed by atoms with Crippen LogP contribution in [0.15, 0.2) is 41.8 Å². The van der Waals surface area contributed by atoms with Gasteiger partial charge in [0.1, 0.15) is 0 Å². The van der Waals surface area contributed by atoms with Crippen molar-refractivity contribution >= 4 is 40.8 Å². The molecule has 0 radical (unpaired) electrons. The monoisotopic (exact) mass is 471 g/mol. The molecule has 2 N–H and O–H groups in total. The number of hydrogen-bond donors (Lipinski definition) is 2. The first-order valence-electron chi connectivity index (χ1n) is 11.1. The zero-order valence-electron chi connectivity index (χ0n) is 18.8. The highest BCUT2D eigenvalue weighted by Crippen LogP contribution is 2.42. The molecule has 1 aliphatic heterocycles. The molecule has 0 spiro atoms. The van der Waals surface area contributed by atoms with Crippen LogP contribution in [-0.2, 0) is 19.1 Å². The zero-order chi connectivity index (χ0) is 23.8. The van der Waals surface area contributed by atoms with E-state index in [1.54, 1.807) is 4.90 Å². The Morgan fingerprint density at radius 1 is 1.18 bits per heavy atom. The maximum absolute atomic E-state index is 13.0. The minimum absolute atomic E-state index is 0.0669. The Morgan fingerprint density at radius 2 is 1.94 bits per heavy atom. The van der Waals surface area contributed by atoms with E-state index in [2.05, 4.69) is 10.6 Å². The number of hydrogen-bond acceptors (Lipinski definition) is 6. The number of imide groups is 1. The third-order valence-electron chi connectivity index (χ3n) is 5.46. The van der Waals surface area contributed by atoms with Crippen molar-refractivity contribution in [3.05, 3.63) is 52.2 Å². The maximum Gasteiger partial charge on any atom is 0.321 e. The number of carbonyl (C=O) groups excluding carboxylic acids is 4. The van der Waals surface area contributed by atoms with Gasteiger partial charge in [0.25, 0.3) is 5.91 Å². The van der Waals surface area contributed by atoms with Crippen LogP contribution in [0.25, 0.3) is 0 Å². The van der Waals surface area contributed by atoms with Crippen LogP contribution in [0.1, 0.15) is 49.1 Å². The molecule has 2 heterocycles. The lowest BCUT2D eigenvalue weighted by atomic mass is 9.87. The van der Waals surface area contributed by atoms with Gasteiger partial charge >= 0.3 is 12.0 Å². The summed E-state index contributed by atoms with van der Waals surface area (Å²) < 4.78 is 5.27. The van der Waals surface area contributed by atoms with E-state index < -0.39 is 36.5 Å². The van der Waals surface area contributed by atoms with Crippen LogP contribution >= 0.6 is 11.3 Å². The average molecular weight is 472 g/mol. The van der Waals surface area contributed by atoms with E-state index in [0.717, 1.165) is 23.3 Å². The van der Waals surface area contributed by atoms with Gasteiger partial charge < -0.3 is 15.0 Å². The summed E-state index contributed by atoms with van der Waals surface area (Å²) in [5.74, 6) is -1.97. The molecule has 3 rings (SSSR count). The molecule has 1 aromatic heterocycles. The maximum atomic E-state index is 13.0. The Hall–Kier alpha value is -3.20. The van der Waals surface area contributed by atoms with Crippen LogP contribution in [0.2, 0.25) is 0 Å². The van der Waals surface area contributed by atoms with E-state index in [0.29, 0.717) is 18.7 Å². The number of anilines is 1. The van der Waals surface area contributed by atoms with Crippen molar-refractivity contribution in [3.8, 4) is 0 Å². The fourth-order valence-electron chi connectivity index (χ4n) is 3.76. The van der Waals surface area contributed by atoms with Crippen molar-refractivity contribution < 1.29 is 23.9 Å². The number of rotatable bonds is 8. The first kappa shape index (κ1) is 24.4. The van der Waals surface area contributed by atoms with Crippen molar-refractivity contribution in [2.45, 2.75) is 45.6 Å². The number of piperidine rings is 1. The van der Waals surface area contributed by atoms with E-state index in [-0.39, 0.29) is 12.3 Å². The van der Waals surface area contributed by atoms with Gasteiger partial charge in [0.2, 0.25) is 5.91 Å². The third-order valence-corrected chi connectivity index (χ3v) is 6.40. The standard InChI is InChI=1S/C24H29N3O5S/c1-3-4-13-25-24(31)26-20(28)15-32-23(30)18-11-12-21(29)27(17-9-7-16(2)8-10-17)22(18)19-6-5-14-33-19/h5-10,14,18,22H,3-4,11-13,15H2,1-2H3,(H2,25,26,28,31). The molecule has 1 aromatic carbocycles. The summed E-state index contributed by atoms with van der Waals surface area (Å²) in [5, 5.41) is 6.62. The molecule has 33 heavy (non-hydrogen) atoms. The number of amides is 4. The third kappa shape index (κ3) is 6.41. The largest absolute Gasteiger partial charge is 0.455 e. The van der Waals surface area contributed by atoms with Crippen molar-refractivity contribution in [3.63, 3.8) is 0 Å². The molecule has 2 unspecified atom stereocenters. The topological polar surface area (TPSA) is 105 Å². The molecule has 2 atom stereocenters. The van der Waals surface area contributed by atoms with E-state index in [9.17, 15) is 19.2 Å². The molecule has 4 amide bonds. The summed E-state index contributed by atoms with van der Waals surface area (Å²) in [6.45, 7) is 3.86. The summed E-state index contributed by atoms with van der Waals surface area (Å²) >= 11 is 1.46. The first-order valence-corrected chi connectivity index (χ1v) is 11.9.